The maximum Gasteiger partial charge on any atom is 0.145 e. The maximum atomic E-state index is 5.99. The van der Waals surface area contributed by atoms with Gasteiger partial charge in [0, 0.05) is 0 Å². The Balaban J connectivity index is 2.39. The summed E-state index contributed by atoms with van der Waals surface area (Å²) < 4.78 is 5.96. The van der Waals surface area contributed by atoms with Crippen LogP contribution in [0.4, 0.5) is 11.4 Å². The minimum Gasteiger partial charge on any atom is -0.486 e. The molecule has 1 atom stereocenters. The van der Waals surface area contributed by atoms with Crippen LogP contribution in [0, 0.1) is 18.3 Å². The zero-order chi connectivity index (χ0) is 12.4. The van der Waals surface area contributed by atoms with Gasteiger partial charge in [0.05, 0.1) is 18.8 Å². The normalized spacial score (nSPS) is 18.5. The number of anilines is 2. The Bertz CT molecular complexity index is 448. The molecule has 0 bridgehead atoms. The van der Waals surface area contributed by atoms with Gasteiger partial charge in [0.25, 0.3) is 0 Å². The van der Waals surface area contributed by atoms with E-state index in [-0.39, 0.29) is 6.10 Å². The summed E-state index contributed by atoms with van der Waals surface area (Å²) in [6.45, 7) is 5.66. The predicted molar refractivity (Wildman–Crippen MR) is 71.2 cm³/mol. The lowest BCUT2D eigenvalue weighted by Gasteiger charge is -2.37. The van der Waals surface area contributed by atoms with E-state index in [4.69, 9.17) is 16.9 Å². The molecule has 2 rings (SSSR count). The van der Waals surface area contributed by atoms with Crippen molar-refractivity contribution in [2.24, 2.45) is 5.92 Å². The molecule has 1 aliphatic rings. The topological polar surface area (TPSA) is 38.5 Å². The Labute approximate surface area is 103 Å². The van der Waals surface area contributed by atoms with Crippen LogP contribution in [-0.2, 0) is 0 Å². The molecule has 17 heavy (non-hydrogen) atoms. The lowest BCUT2D eigenvalue weighted by Crippen LogP contribution is -2.43. The third-order valence-electron chi connectivity index (χ3n) is 3.05. The number of nitrogens with two attached hydrogens (primary N) is 1. The molecule has 2 N–H and O–H groups in total. The third kappa shape index (κ3) is 2.16. The first kappa shape index (κ1) is 11.7. The first-order valence-electron chi connectivity index (χ1n) is 5.87. The summed E-state index contributed by atoms with van der Waals surface area (Å²) in [7, 11) is 0. The fourth-order valence-corrected chi connectivity index (χ4v) is 2.08. The van der Waals surface area contributed by atoms with E-state index in [9.17, 15) is 0 Å². The van der Waals surface area contributed by atoms with Crippen LogP contribution >= 0.6 is 0 Å². The van der Waals surface area contributed by atoms with E-state index in [0.717, 1.165) is 23.7 Å². The van der Waals surface area contributed by atoms with Crippen LogP contribution in [-0.4, -0.2) is 19.2 Å². The highest BCUT2D eigenvalue weighted by atomic mass is 16.5. The fourth-order valence-electron chi connectivity index (χ4n) is 2.08. The highest BCUT2D eigenvalue weighted by Gasteiger charge is 2.28. The van der Waals surface area contributed by atoms with Gasteiger partial charge in [0.2, 0.25) is 0 Å². The van der Waals surface area contributed by atoms with Gasteiger partial charge in [-0.25, -0.2) is 0 Å². The van der Waals surface area contributed by atoms with Crippen LogP contribution in [0.25, 0.3) is 0 Å². The minimum absolute atomic E-state index is 0.164. The van der Waals surface area contributed by atoms with E-state index < -0.39 is 0 Å². The van der Waals surface area contributed by atoms with Crippen LogP contribution in [0.2, 0.25) is 0 Å². The maximum absolute atomic E-state index is 5.99. The zero-order valence-corrected chi connectivity index (χ0v) is 10.3. The average molecular weight is 230 g/mol. The van der Waals surface area contributed by atoms with Gasteiger partial charge in [0.1, 0.15) is 17.5 Å². The summed E-state index contributed by atoms with van der Waals surface area (Å²) in [5.74, 6) is 3.97. The Kier molecular flexibility index (Phi) is 3.14. The number of fused-ring (bicyclic) bond motifs is 1. The van der Waals surface area contributed by atoms with Gasteiger partial charge in [-0.05, 0) is 18.1 Å². The predicted octanol–water partition coefficient (Wildman–Crippen LogP) is 2.13. The van der Waals surface area contributed by atoms with Gasteiger partial charge in [-0.1, -0.05) is 25.8 Å². The van der Waals surface area contributed by atoms with Gasteiger partial charge >= 0.3 is 0 Å². The molecule has 0 amide bonds. The first-order valence-corrected chi connectivity index (χ1v) is 5.87. The van der Waals surface area contributed by atoms with E-state index in [1.807, 2.05) is 18.2 Å². The molecule has 1 heterocycles. The quantitative estimate of drug-likeness (QED) is 0.625. The Morgan fingerprint density at radius 1 is 1.59 bits per heavy atom. The molecule has 3 nitrogen and oxygen atoms in total. The number of ether oxygens (including phenoxy) is 1. The van der Waals surface area contributed by atoms with Crippen LogP contribution in [0.5, 0.6) is 5.75 Å². The van der Waals surface area contributed by atoms with Crippen LogP contribution in [0.1, 0.15) is 13.8 Å². The molecule has 1 aromatic rings. The van der Waals surface area contributed by atoms with E-state index in [1.165, 1.54) is 0 Å². The SMILES string of the molecule is C#CCN1CC(C(C)C)Oc2cccc(N)c21. The van der Waals surface area contributed by atoms with E-state index >= 15 is 0 Å². The number of nitrogens with zero attached hydrogens (tertiary/aromatic N) is 1. The number of terminal acetylenes is 1. The summed E-state index contributed by atoms with van der Waals surface area (Å²) in [5.41, 5.74) is 7.65. The van der Waals surface area contributed by atoms with Crippen molar-refractivity contribution in [1.29, 1.82) is 0 Å². The molecule has 3 heteroatoms. The smallest absolute Gasteiger partial charge is 0.145 e. The number of hydrogen-bond acceptors (Lipinski definition) is 3. The second-order valence-corrected chi connectivity index (χ2v) is 4.68. The van der Waals surface area contributed by atoms with Crippen molar-refractivity contribution in [3.63, 3.8) is 0 Å². The Morgan fingerprint density at radius 2 is 2.35 bits per heavy atom. The van der Waals surface area contributed by atoms with Crippen molar-refractivity contribution in [2.75, 3.05) is 23.7 Å². The molecule has 0 fully saturated rings. The third-order valence-corrected chi connectivity index (χ3v) is 3.05. The summed E-state index contributed by atoms with van der Waals surface area (Å²) in [5, 5.41) is 0. The van der Waals surface area contributed by atoms with Gasteiger partial charge in [0.15, 0.2) is 0 Å². The van der Waals surface area contributed by atoms with Crippen molar-refractivity contribution < 1.29 is 4.74 Å². The summed E-state index contributed by atoms with van der Waals surface area (Å²) >= 11 is 0. The van der Waals surface area contributed by atoms with Crippen molar-refractivity contribution in [2.45, 2.75) is 20.0 Å². The van der Waals surface area contributed by atoms with Crippen molar-refractivity contribution in [3.05, 3.63) is 18.2 Å². The van der Waals surface area contributed by atoms with Crippen molar-refractivity contribution >= 4 is 11.4 Å². The molecule has 90 valence electrons. The van der Waals surface area contributed by atoms with Crippen LogP contribution < -0.4 is 15.4 Å². The largest absolute Gasteiger partial charge is 0.486 e. The minimum atomic E-state index is 0.164. The summed E-state index contributed by atoms with van der Waals surface area (Å²) in [6, 6.07) is 5.73. The second-order valence-electron chi connectivity index (χ2n) is 4.68. The number of rotatable bonds is 2. The first-order chi connectivity index (χ1) is 8.13. The lowest BCUT2D eigenvalue weighted by atomic mass is 10.0. The molecule has 0 aromatic heterocycles. The molecule has 0 saturated carbocycles. The zero-order valence-electron chi connectivity index (χ0n) is 10.3. The number of benzene rings is 1. The van der Waals surface area contributed by atoms with E-state index in [2.05, 4.69) is 24.7 Å². The summed E-state index contributed by atoms with van der Waals surface area (Å²) in [4.78, 5) is 2.12. The monoisotopic (exact) mass is 230 g/mol. The van der Waals surface area contributed by atoms with Gasteiger partial charge in [-0.2, -0.15) is 0 Å². The standard InChI is InChI=1S/C14H18N2O/c1-4-8-16-9-13(10(2)3)17-12-7-5-6-11(15)14(12)16/h1,5-7,10,13H,8-9,15H2,2-3H3. The number of hydrogen-bond donors (Lipinski definition) is 1. The van der Waals surface area contributed by atoms with Crippen LogP contribution in [0.15, 0.2) is 18.2 Å². The molecule has 1 aliphatic heterocycles. The summed E-state index contributed by atoms with van der Waals surface area (Å²) in [6.07, 6.45) is 5.58. The molecule has 0 aliphatic carbocycles. The highest BCUT2D eigenvalue weighted by molar-refractivity contribution is 5.76. The number of nitrogen functional groups attached to an aromatic ring is 1. The van der Waals surface area contributed by atoms with E-state index in [1.54, 1.807) is 0 Å². The molecule has 1 unspecified atom stereocenters. The molecule has 0 saturated heterocycles. The Hall–Kier alpha value is -1.82. The van der Waals surface area contributed by atoms with Gasteiger partial charge < -0.3 is 15.4 Å². The van der Waals surface area contributed by atoms with Gasteiger partial charge in [-0.3, -0.25) is 0 Å². The molecule has 1 aromatic carbocycles. The molecule has 0 radical (unpaired) electrons. The fraction of sp³-hybridized carbons (Fsp3) is 0.429. The van der Waals surface area contributed by atoms with E-state index in [0.29, 0.717) is 12.5 Å². The highest BCUT2D eigenvalue weighted by Crippen LogP contribution is 2.39. The van der Waals surface area contributed by atoms with Gasteiger partial charge in [-0.15, -0.1) is 6.42 Å². The molecule has 0 spiro atoms. The molecular weight excluding hydrogens is 212 g/mol. The van der Waals surface area contributed by atoms with Crippen LogP contribution in [0.3, 0.4) is 0 Å². The van der Waals surface area contributed by atoms with Crippen molar-refractivity contribution in [1.82, 2.24) is 0 Å². The van der Waals surface area contributed by atoms with Crippen molar-refractivity contribution in [3.8, 4) is 18.1 Å². The molecular formula is C14H18N2O. The lowest BCUT2D eigenvalue weighted by molar-refractivity contribution is 0.147. The second kappa shape index (κ2) is 4.58. The average Bonchev–Trinajstić information content (AvgIpc) is 2.29. The Morgan fingerprint density at radius 3 is 3.00 bits per heavy atom. The number of para-hydroxylation sites is 1.